The molecule has 0 aromatic heterocycles. The van der Waals surface area contributed by atoms with Gasteiger partial charge in [0.05, 0.1) is 0 Å². The van der Waals surface area contributed by atoms with Gasteiger partial charge < -0.3 is 0 Å². The fourth-order valence-corrected chi connectivity index (χ4v) is 2.94. The molecule has 1 aromatic rings. The number of allylic oxidation sites excluding steroid dienone is 1. The van der Waals surface area contributed by atoms with Crippen LogP contribution in [-0.2, 0) is 0 Å². The van der Waals surface area contributed by atoms with E-state index in [1.807, 2.05) is 11.8 Å². The van der Waals surface area contributed by atoms with Gasteiger partial charge in [0.15, 0.2) is 0 Å². The summed E-state index contributed by atoms with van der Waals surface area (Å²) in [4.78, 5) is 1.43. The van der Waals surface area contributed by atoms with Crippen LogP contribution in [0.4, 0.5) is 0 Å². The van der Waals surface area contributed by atoms with E-state index in [1.165, 1.54) is 29.7 Å². The zero-order valence-electron chi connectivity index (χ0n) is 8.57. The first-order valence-corrected chi connectivity index (χ1v) is 6.13. The summed E-state index contributed by atoms with van der Waals surface area (Å²) in [5.74, 6) is 0. The van der Waals surface area contributed by atoms with Gasteiger partial charge in [-0.15, -0.1) is 11.8 Å². The Morgan fingerprint density at radius 2 is 2.14 bits per heavy atom. The van der Waals surface area contributed by atoms with Crippen molar-refractivity contribution in [3.05, 3.63) is 42.0 Å². The molecule has 0 nitrogen and oxygen atoms in total. The van der Waals surface area contributed by atoms with Crippen molar-refractivity contribution < 1.29 is 0 Å². The molecular formula is C13H16S. The molecule has 1 aliphatic carbocycles. The van der Waals surface area contributed by atoms with E-state index >= 15 is 0 Å². The third-order valence-corrected chi connectivity index (χ3v) is 3.99. The highest BCUT2D eigenvalue weighted by Gasteiger charge is 2.10. The summed E-state index contributed by atoms with van der Waals surface area (Å²) in [6, 6.07) is 8.65. The fraction of sp³-hybridized carbons (Fsp3) is 0.385. The highest BCUT2D eigenvalue weighted by Crippen LogP contribution is 2.31. The van der Waals surface area contributed by atoms with Gasteiger partial charge in [-0.25, -0.2) is 0 Å². The maximum absolute atomic E-state index is 2.36. The van der Waals surface area contributed by atoms with Crippen LogP contribution in [0.5, 0.6) is 0 Å². The lowest BCUT2D eigenvalue weighted by Crippen LogP contribution is -2.02. The van der Waals surface area contributed by atoms with Crippen molar-refractivity contribution in [2.75, 3.05) is 0 Å². The third kappa shape index (κ3) is 2.42. The number of aryl methyl sites for hydroxylation is 1. The summed E-state index contributed by atoms with van der Waals surface area (Å²) >= 11 is 2.00. The van der Waals surface area contributed by atoms with Crippen LogP contribution in [0, 0.1) is 6.92 Å². The first-order chi connectivity index (χ1) is 6.86. The molecule has 0 heterocycles. The van der Waals surface area contributed by atoms with Crippen LogP contribution >= 0.6 is 11.8 Å². The van der Waals surface area contributed by atoms with Crippen molar-refractivity contribution in [1.29, 1.82) is 0 Å². The normalized spacial score (nSPS) is 21.1. The Balaban J connectivity index is 2.06. The number of hydrogen-bond donors (Lipinski definition) is 0. The topological polar surface area (TPSA) is 0 Å². The molecule has 0 amide bonds. The number of thioether (sulfide) groups is 1. The van der Waals surface area contributed by atoms with E-state index in [4.69, 9.17) is 0 Å². The first-order valence-electron chi connectivity index (χ1n) is 5.25. The monoisotopic (exact) mass is 204 g/mol. The second-order valence-electron chi connectivity index (χ2n) is 3.78. The Labute approximate surface area is 90.4 Å². The predicted octanol–water partition coefficient (Wildman–Crippen LogP) is 4.20. The average Bonchev–Trinajstić information content (AvgIpc) is 2.23. The number of hydrogen-bond acceptors (Lipinski definition) is 1. The highest BCUT2D eigenvalue weighted by molar-refractivity contribution is 8.00. The van der Waals surface area contributed by atoms with Crippen LogP contribution in [0.3, 0.4) is 0 Å². The Bertz CT molecular complexity index is 328. The molecule has 0 aliphatic heterocycles. The van der Waals surface area contributed by atoms with Crippen molar-refractivity contribution >= 4 is 11.8 Å². The summed E-state index contributed by atoms with van der Waals surface area (Å²) in [7, 11) is 0. The van der Waals surface area contributed by atoms with Gasteiger partial charge in [0.25, 0.3) is 0 Å². The van der Waals surface area contributed by atoms with Crippen LogP contribution in [0.15, 0.2) is 41.3 Å². The molecule has 0 bridgehead atoms. The lowest BCUT2D eigenvalue weighted by atomic mass is 10.1. The van der Waals surface area contributed by atoms with E-state index in [0.29, 0.717) is 5.25 Å². The molecule has 0 saturated carbocycles. The van der Waals surface area contributed by atoms with E-state index in [2.05, 4.69) is 43.3 Å². The van der Waals surface area contributed by atoms with Gasteiger partial charge in [-0.1, -0.05) is 30.4 Å². The number of benzene rings is 1. The smallest absolute Gasteiger partial charge is 0.0274 e. The zero-order valence-corrected chi connectivity index (χ0v) is 9.39. The summed E-state index contributed by atoms with van der Waals surface area (Å²) in [5, 5.41) is 0.699. The highest BCUT2D eigenvalue weighted by atomic mass is 32.2. The molecule has 1 heteroatoms. The van der Waals surface area contributed by atoms with Crippen molar-refractivity contribution in [2.24, 2.45) is 0 Å². The van der Waals surface area contributed by atoms with E-state index in [-0.39, 0.29) is 0 Å². The molecule has 1 aromatic carbocycles. The van der Waals surface area contributed by atoms with Gasteiger partial charge in [0.1, 0.15) is 0 Å². The van der Waals surface area contributed by atoms with Crippen molar-refractivity contribution in [3.8, 4) is 0 Å². The zero-order chi connectivity index (χ0) is 9.80. The quantitative estimate of drug-likeness (QED) is 0.651. The van der Waals surface area contributed by atoms with Gasteiger partial charge >= 0.3 is 0 Å². The largest absolute Gasteiger partial charge is 0.118 e. The van der Waals surface area contributed by atoms with E-state index in [0.717, 1.165) is 0 Å². The minimum absolute atomic E-state index is 0.699. The molecular weight excluding hydrogens is 188 g/mol. The Hall–Kier alpha value is -0.690. The molecule has 0 spiro atoms. The predicted molar refractivity (Wildman–Crippen MR) is 63.8 cm³/mol. The average molecular weight is 204 g/mol. The van der Waals surface area contributed by atoms with E-state index in [1.54, 1.807) is 0 Å². The lowest BCUT2D eigenvalue weighted by molar-refractivity contribution is 0.741. The summed E-state index contributed by atoms with van der Waals surface area (Å²) in [6.07, 6.45) is 8.63. The second-order valence-corrected chi connectivity index (χ2v) is 5.06. The first kappa shape index (κ1) is 9.85. The maximum atomic E-state index is 2.36. The minimum Gasteiger partial charge on any atom is -0.118 e. The molecule has 1 atom stereocenters. The van der Waals surface area contributed by atoms with Crippen molar-refractivity contribution in [2.45, 2.75) is 36.3 Å². The van der Waals surface area contributed by atoms with Crippen LogP contribution in [0.1, 0.15) is 24.8 Å². The Morgan fingerprint density at radius 3 is 2.86 bits per heavy atom. The Morgan fingerprint density at radius 1 is 1.29 bits per heavy atom. The lowest BCUT2D eigenvalue weighted by Gasteiger charge is -2.16. The van der Waals surface area contributed by atoms with E-state index in [9.17, 15) is 0 Å². The van der Waals surface area contributed by atoms with Crippen LogP contribution in [-0.4, -0.2) is 5.25 Å². The van der Waals surface area contributed by atoms with Crippen LogP contribution in [0.2, 0.25) is 0 Å². The van der Waals surface area contributed by atoms with Gasteiger partial charge in [-0.2, -0.15) is 0 Å². The standard InChI is InChI=1S/C13H16S/c1-11-7-5-6-10-13(11)14-12-8-3-2-4-9-12/h3,5-8,10,12H,2,4,9H2,1H3/t12-/m1/s1. The molecule has 1 aliphatic rings. The summed E-state index contributed by atoms with van der Waals surface area (Å²) < 4.78 is 0. The van der Waals surface area contributed by atoms with Crippen molar-refractivity contribution in [3.63, 3.8) is 0 Å². The van der Waals surface area contributed by atoms with Gasteiger partial charge in [0, 0.05) is 10.1 Å². The van der Waals surface area contributed by atoms with Crippen molar-refractivity contribution in [1.82, 2.24) is 0 Å². The molecule has 74 valence electrons. The maximum Gasteiger partial charge on any atom is 0.0274 e. The Kier molecular flexibility index (Phi) is 3.30. The van der Waals surface area contributed by atoms with Crippen LogP contribution < -0.4 is 0 Å². The number of rotatable bonds is 2. The molecule has 2 rings (SSSR count). The fourth-order valence-electron chi connectivity index (χ4n) is 1.73. The molecule has 0 N–H and O–H groups in total. The van der Waals surface area contributed by atoms with Gasteiger partial charge in [-0.3, -0.25) is 0 Å². The van der Waals surface area contributed by atoms with Crippen LogP contribution in [0.25, 0.3) is 0 Å². The molecule has 0 radical (unpaired) electrons. The van der Waals surface area contributed by atoms with Gasteiger partial charge in [0.2, 0.25) is 0 Å². The van der Waals surface area contributed by atoms with E-state index < -0.39 is 0 Å². The molecule has 0 saturated heterocycles. The molecule has 0 unspecified atom stereocenters. The molecule has 0 fully saturated rings. The molecule has 14 heavy (non-hydrogen) atoms. The third-order valence-electron chi connectivity index (χ3n) is 2.58. The minimum atomic E-state index is 0.699. The van der Waals surface area contributed by atoms with Gasteiger partial charge in [-0.05, 0) is 37.8 Å². The second kappa shape index (κ2) is 4.70. The SMILES string of the molecule is Cc1ccccc1S[C@@H]1C=CCCC1. The summed E-state index contributed by atoms with van der Waals surface area (Å²) in [5.41, 5.74) is 1.40. The summed E-state index contributed by atoms with van der Waals surface area (Å²) in [6.45, 7) is 2.19.